The van der Waals surface area contributed by atoms with Gasteiger partial charge in [-0.25, -0.2) is 9.37 Å². The number of rotatable bonds is 1. The molecule has 0 aliphatic carbocycles. The van der Waals surface area contributed by atoms with Crippen molar-refractivity contribution in [1.29, 1.82) is 0 Å². The molecule has 96 valence electrons. The SMILES string of the molecule is Cc1cc(C)n2c(-c3ccc(N)cc3F)nnc2n1. The molecular formula is C13H12FN5. The van der Waals surface area contributed by atoms with Crippen LogP contribution in [0, 0.1) is 19.7 Å². The van der Waals surface area contributed by atoms with Crippen molar-refractivity contribution in [1.82, 2.24) is 19.6 Å². The van der Waals surface area contributed by atoms with Crippen LogP contribution in [-0.2, 0) is 0 Å². The highest BCUT2D eigenvalue weighted by Crippen LogP contribution is 2.24. The van der Waals surface area contributed by atoms with Crippen molar-refractivity contribution in [2.24, 2.45) is 0 Å². The molecule has 0 amide bonds. The second-order valence-electron chi connectivity index (χ2n) is 4.44. The molecular weight excluding hydrogens is 245 g/mol. The van der Waals surface area contributed by atoms with Crippen LogP contribution in [0.5, 0.6) is 0 Å². The van der Waals surface area contributed by atoms with Gasteiger partial charge in [-0.1, -0.05) is 0 Å². The number of nitrogen functional groups attached to an aromatic ring is 1. The predicted octanol–water partition coefficient (Wildman–Crippen LogP) is 2.13. The number of halogens is 1. The third-order valence-corrected chi connectivity index (χ3v) is 2.93. The van der Waals surface area contributed by atoms with Crippen LogP contribution in [0.15, 0.2) is 24.3 Å². The molecule has 0 atom stereocenters. The van der Waals surface area contributed by atoms with Crippen LogP contribution >= 0.6 is 0 Å². The third-order valence-electron chi connectivity index (χ3n) is 2.93. The number of fused-ring (bicyclic) bond motifs is 1. The molecule has 0 aliphatic rings. The van der Waals surface area contributed by atoms with Crippen LogP contribution < -0.4 is 5.73 Å². The summed E-state index contributed by atoms with van der Waals surface area (Å²) in [5, 5.41) is 8.01. The summed E-state index contributed by atoms with van der Waals surface area (Å²) in [7, 11) is 0. The summed E-state index contributed by atoms with van der Waals surface area (Å²) < 4.78 is 15.7. The van der Waals surface area contributed by atoms with Gasteiger partial charge in [0.1, 0.15) is 5.82 Å². The molecule has 0 unspecified atom stereocenters. The van der Waals surface area contributed by atoms with Crippen LogP contribution in [0.3, 0.4) is 0 Å². The Morgan fingerprint density at radius 2 is 1.95 bits per heavy atom. The Hall–Kier alpha value is -2.50. The Morgan fingerprint density at radius 1 is 1.16 bits per heavy atom. The molecule has 0 saturated carbocycles. The Balaban J connectivity index is 2.31. The molecule has 5 nitrogen and oxygen atoms in total. The van der Waals surface area contributed by atoms with E-state index in [2.05, 4.69) is 15.2 Å². The Labute approximate surface area is 108 Å². The summed E-state index contributed by atoms with van der Waals surface area (Å²) in [6.45, 7) is 3.79. The van der Waals surface area contributed by atoms with Crippen molar-refractivity contribution in [3.05, 3.63) is 41.5 Å². The highest BCUT2D eigenvalue weighted by molar-refractivity contribution is 5.62. The van der Waals surface area contributed by atoms with E-state index in [-0.39, 0.29) is 0 Å². The minimum Gasteiger partial charge on any atom is -0.399 e. The second-order valence-corrected chi connectivity index (χ2v) is 4.44. The van der Waals surface area contributed by atoms with Gasteiger partial charge in [0.2, 0.25) is 0 Å². The van der Waals surface area contributed by atoms with E-state index in [1.54, 1.807) is 16.5 Å². The van der Waals surface area contributed by atoms with E-state index in [0.29, 0.717) is 22.9 Å². The average molecular weight is 257 g/mol. The molecule has 0 saturated heterocycles. The van der Waals surface area contributed by atoms with Crippen molar-refractivity contribution >= 4 is 11.5 Å². The lowest BCUT2D eigenvalue weighted by molar-refractivity contribution is 0.630. The van der Waals surface area contributed by atoms with E-state index < -0.39 is 5.82 Å². The number of aryl methyl sites for hydroxylation is 2. The molecule has 19 heavy (non-hydrogen) atoms. The van der Waals surface area contributed by atoms with Gasteiger partial charge in [-0.3, -0.25) is 4.40 Å². The normalized spacial score (nSPS) is 11.1. The van der Waals surface area contributed by atoms with Gasteiger partial charge in [-0.05, 0) is 38.1 Å². The fourth-order valence-electron chi connectivity index (χ4n) is 2.12. The molecule has 0 fully saturated rings. The van der Waals surface area contributed by atoms with Crippen molar-refractivity contribution in [3.8, 4) is 11.4 Å². The van der Waals surface area contributed by atoms with Crippen LogP contribution in [0.4, 0.5) is 10.1 Å². The van der Waals surface area contributed by atoms with E-state index in [0.717, 1.165) is 11.4 Å². The highest BCUT2D eigenvalue weighted by atomic mass is 19.1. The van der Waals surface area contributed by atoms with Gasteiger partial charge in [-0.2, -0.15) is 0 Å². The Morgan fingerprint density at radius 3 is 2.68 bits per heavy atom. The highest BCUT2D eigenvalue weighted by Gasteiger charge is 2.15. The number of nitrogens with zero attached hydrogens (tertiary/aromatic N) is 4. The van der Waals surface area contributed by atoms with Crippen molar-refractivity contribution < 1.29 is 4.39 Å². The zero-order valence-corrected chi connectivity index (χ0v) is 10.6. The third kappa shape index (κ3) is 1.81. The molecule has 1 aromatic carbocycles. The van der Waals surface area contributed by atoms with Crippen molar-refractivity contribution in [2.45, 2.75) is 13.8 Å². The molecule has 3 rings (SSSR count). The van der Waals surface area contributed by atoms with E-state index in [9.17, 15) is 4.39 Å². The van der Waals surface area contributed by atoms with E-state index in [1.807, 2.05) is 19.9 Å². The largest absolute Gasteiger partial charge is 0.399 e. The first-order chi connectivity index (χ1) is 9.06. The number of benzene rings is 1. The zero-order chi connectivity index (χ0) is 13.6. The summed E-state index contributed by atoms with van der Waals surface area (Å²) in [6.07, 6.45) is 0. The molecule has 0 spiro atoms. The molecule has 2 aromatic heterocycles. The number of anilines is 1. The topological polar surface area (TPSA) is 69.1 Å². The van der Waals surface area contributed by atoms with Gasteiger partial charge in [0.25, 0.3) is 5.78 Å². The minimum atomic E-state index is -0.422. The smallest absolute Gasteiger partial charge is 0.255 e. The maximum atomic E-state index is 14.0. The molecule has 6 heteroatoms. The van der Waals surface area contributed by atoms with Gasteiger partial charge < -0.3 is 5.73 Å². The molecule has 0 radical (unpaired) electrons. The fraction of sp³-hybridized carbons (Fsp3) is 0.154. The zero-order valence-electron chi connectivity index (χ0n) is 10.6. The Bertz CT molecular complexity index is 778. The number of aromatic nitrogens is 4. The van der Waals surface area contributed by atoms with Gasteiger partial charge in [0, 0.05) is 17.1 Å². The quantitative estimate of drug-likeness (QED) is 0.678. The molecule has 2 N–H and O–H groups in total. The van der Waals surface area contributed by atoms with E-state index >= 15 is 0 Å². The summed E-state index contributed by atoms with van der Waals surface area (Å²) in [5.74, 6) is 0.468. The van der Waals surface area contributed by atoms with Crippen LogP contribution in [0.1, 0.15) is 11.4 Å². The first-order valence-corrected chi connectivity index (χ1v) is 5.81. The molecule has 2 heterocycles. The van der Waals surface area contributed by atoms with Crippen LogP contribution in [0.2, 0.25) is 0 Å². The predicted molar refractivity (Wildman–Crippen MR) is 70.1 cm³/mol. The van der Waals surface area contributed by atoms with Gasteiger partial charge in [0.15, 0.2) is 5.82 Å². The first-order valence-electron chi connectivity index (χ1n) is 5.81. The maximum Gasteiger partial charge on any atom is 0.255 e. The molecule has 0 aliphatic heterocycles. The number of hydrogen-bond acceptors (Lipinski definition) is 4. The maximum absolute atomic E-state index is 14.0. The standard InChI is InChI=1S/C13H12FN5/c1-7-5-8(2)19-12(17-18-13(19)16-7)10-4-3-9(15)6-11(10)14/h3-6H,15H2,1-2H3. The minimum absolute atomic E-state index is 0.357. The van der Waals surface area contributed by atoms with Crippen LogP contribution in [-0.4, -0.2) is 19.6 Å². The summed E-state index contributed by atoms with van der Waals surface area (Å²) in [5.41, 5.74) is 8.03. The number of nitrogens with two attached hydrogens (primary N) is 1. The van der Waals surface area contributed by atoms with Gasteiger partial charge in [0.05, 0.1) is 5.56 Å². The van der Waals surface area contributed by atoms with E-state index in [4.69, 9.17) is 5.73 Å². The summed E-state index contributed by atoms with van der Waals surface area (Å²) in [6, 6.07) is 6.40. The van der Waals surface area contributed by atoms with Crippen molar-refractivity contribution in [3.63, 3.8) is 0 Å². The summed E-state index contributed by atoms with van der Waals surface area (Å²) >= 11 is 0. The van der Waals surface area contributed by atoms with Gasteiger partial charge in [-0.15, -0.1) is 10.2 Å². The lowest BCUT2D eigenvalue weighted by Gasteiger charge is -2.05. The fourth-order valence-corrected chi connectivity index (χ4v) is 2.12. The van der Waals surface area contributed by atoms with Crippen molar-refractivity contribution in [2.75, 3.05) is 5.73 Å². The second kappa shape index (κ2) is 4.01. The summed E-state index contributed by atoms with van der Waals surface area (Å²) in [4.78, 5) is 4.27. The monoisotopic (exact) mass is 257 g/mol. The molecule has 0 bridgehead atoms. The molecule has 3 aromatic rings. The first kappa shape index (κ1) is 11.6. The lowest BCUT2D eigenvalue weighted by Crippen LogP contribution is -1.99. The van der Waals surface area contributed by atoms with Crippen LogP contribution in [0.25, 0.3) is 17.2 Å². The Kier molecular flexibility index (Phi) is 2.45. The van der Waals surface area contributed by atoms with E-state index in [1.165, 1.54) is 6.07 Å². The number of hydrogen-bond donors (Lipinski definition) is 1. The lowest BCUT2D eigenvalue weighted by atomic mass is 10.2. The average Bonchev–Trinajstić information content (AvgIpc) is 2.72. The van der Waals surface area contributed by atoms with Gasteiger partial charge >= 0.3 is 0 Å².